The Morgan fingerprint density at radius 1 is 1.06 bits per heavy atom. The lowest BCUT2D eigenvalue weighted by Gasteiger charge is -2.59. The monoisotopic (exact) mass is 428 g/mol. The van der Waals surface area contributed by atoms with Gasteiger partial charge >= 0.3 is 0 Å². The summed E-state index contributed by atoms with van der Waals surface area (Å²) < 4.78 is 0. The zero-order valence-corrected chi connectivity index (χ0v) is 21.1. The van der Waals surface area contributed by atoms with Gasteiger partial charge in [-0.3, -0.25) is 4.79 Å². The standard InChI is InChI=1S/C29H48O2/c1-7-20(18(2)3)9-8-19(4)23-10-11-24-22-17-27(31)26-16-21(30)12-14-29(26,6)25(22)13-15-28(23,24)5/h16,18-20,22-25,27,31H,7-15,17H2,1-6H3/t19-,20+,22+,23-,24+,25+,27-,28-,29-/m1/s1. The highest BCUT2D eigenvalue weighted by Gasteiger charge is 2.60. The number of hydrogen-bond acceptors (Lipinski definition) is 2. The van der Waals surface area contributed by atoms with Crippen molar-refractivity contribution in [1.82, 2.24) is 0 Å². The molecular formula is C29H48O2. The van der Waals surface area contributed by atoms with Gasteiger partial charge in [-0.2, -0.15) is 0 Å². The van der Waals surface area contributed by atoms with Crippen molar-refractivity contribution in [1.29, 1.82) is 0 Å². The summed E-state index contributed by atoms with van der Waals surface area (Å²) in [5.41, 5.74) is 1.57. The van der Waals surface area contributed by atoms with Crippen molar-refractivity contribution in [3.63, 3.8) is 0 Å². The fourth-order valence-corrected chi connectivity index (χ4v) is 9.27. The van der Waals surface area contributed by atoms with E-state index in [2.05, 4.69) is 41.5 Å². The van der Waals surface area contributed by atoms with Crippen LogP contribution in [0.3, 0.4) is 0 Å². The van der Waals surface area contributed by atoms with Gasteiger partial charge in [-0.15, -0.1) is 0 Å². The van der Waals surface area contributed by atoms with E-state index in [1.54, 1.807) is 0 Å². The average molecular weight is 429 g/mol. The largest absolute Gasteiger partial charge is 0.389 e. The molecule has 9 atom stereocenters. The Labute approximate surface area is 191 Å². The molecular weight excluding hydrogens is 380 g/mol. The molecule has 0 unspecified atom stereocenters. The zero-order valence-electron chi connectivity index (χ0n) is 21.1. The summed E-state index contributed by atoms with van der Waals surface area (Å²) in [6.07, 6.45) is 13.4. The summed E-state index contributed by atoms with van der Waals surface area (Å²) >= 11 is 0. The molecule has 0 aliphatic heterocycles. The third-order valence-electron chi connectivity index (χ3n) is 11.2. The first kappa shape index (κ1) is 23.5. The lowest BCUT2D eigenvalue weighted by molar-refractivity contribution is -0.119. The van der Waals surface area contributed by atoms with Crippen LogP contribution in [0, 0.1) is 52.3 Å². The van der Waals surface area contributed by atoms with Crippen LogP contribution in [-0.2, 0) is 4.79 Å². The second-order valence-electron chi connectivity index (χ2n) is 12.8. The molecule has 31 heavy (non-hydrogen) atoms. The van der Waals surface area contributed by atoms with E-state index in [1.165, 1.54) is 44.9 Å². The highest BCUT2D eigenvalue weighted by atomic mass is 16.3. The van der Waals surface area contributed by atoms with Crippen LogP contribution in [0.5, 0.6) is 0 Å². The van der Waals surface area contributed by atoms with Crippen LogP contribution in [0.1, 0.15) is 106 Å². The Balaban J connectivity index is 1.51. The lowest BCUT2D eigenvalue weighted by Crippen LogP contribution is -2.54. The lowest BCUT2D eigenvalue weighted by atomic mass is 9.46. The van der Waals surface area contributed by atoms with Gasteiger partial charge in [0.1, 0.15) is 0 Å². The van der Waals surface area contributed by atoms with E-state index in [0.29, 0.717) is 23.7 Å². The molecule has 3 saturated carbocycles. The normalized spacial score (nSPS) is 44.3. The van der Waals surface area contributed by atoms with Gasteiger partial charge in [0.25, 0.3) is 0 Å². The number of carbonyl (C=O) groups excluding carboxylic acids is 1. The van der Waals surface area contributed by atoms with E-state index >= 15 is 0 Å². The van der Waals surface area contributed by atoms with E-state index in [-0.39, 0.29) is 11.2 Å². The Kier molecular flexibility index (Phi) is 6.54. The van der Waals surface area contributed by atoms with Gasteiger partial charge in [0.2, 0.25) is 0 Å². The summed E-state index contributed by atoms with van der Waals surface area (Å²) in [5.74, 6) is 5.62. The highest BCUT2D eigenvalue weighted by molar-refractivity contribution is 5.91. The van der Waals surface area contributed by atoms with Gasteiger partial charge in [0.05, 0.1) is 6.10 Å². The summed E-state index contributed by atoms with van der Waals surface area (Å²) in [6.45, 7) is 14.7. The number of hydrogen-bond donors (Lipinski definition) is 1. The van der Waals surface area contributed by atoms with Crippen LogP contribution >= 0.6 is 0 Å². The molecule has 0 saturated heterocycles. The fourth-order valence-electron chi connectivity index (χ4n) is 9.27. The van der Waals surface area contributed by atoms with Gasteiger partial charge in [0, 0.05) is 6.42 Å². The van der Waals surface area contributed by atoms with E-state index < -0.39 is 6.10 Å². The first-order valence-electron chi connectivity index (χ1n) is 13.5. The molecule has 4 aliphatic rings. The maximum Gasteiger partial charge on any atom is 0.155 e. The molecule has 1 N–H and O–H groups in total. The smallest absolute Gasteiger partial charge is 0.155 e. The topological polar surface area (TPSA) is 37.3 Å². The number of aliphatic hydroxyl groups is 1. The zero-order chi connectivity index (χ0) is 22.6. The summed E-state index contributed by atoms with van der Waals surface area (Å²) in [5, 5.41) is 11.1. The fraction of sp³-hybridized carbons (Fsp3) is 0.897. The minimum Gasteiger partial charge on any atom is -0.389 e. The van der Waals surface area contributed by atoms with Gasteiger partial charge in [0.15, 0.2) is 5.78 Å². The molecule has 0 aromatic rings. The van der Waals surface area contributed by atoms with E-state index in [9.17, 15) is 9.90 Å². The van der Waals surface area contributed by atoms with Gasteiger partial charge < -0.3 is 5.11 Å². The maximum absolute atomic E-state index is 12.1. The molecule has 0 bridgehead atoms. The number of rotatable bonds is 6. The number of carbonyl (C=O) groups is 1. The predicted octanol–water partition coefficient (Wildman–Crippen LogP) is 7.20. The predicted molar refractivity (Wildman–Crippen MR) is 129 cm³/mol. The van der Waals surface area contributed by atoms with Crippen molar-refractivity contribution in [2.45, 2.75) is 112 Å². The quantitative estimate of drug-likeness (QED) is 0.485. The van der Waals surface area contributed by atoms with Crippen molar-refractivity contribution in [2.75, 3.05) is 0 Å². The molecule has 0 aromatic carbocycles. The second-order valence-corrected chi connectivity index (χ2v) is 12.8. The maximum atomic E-state index is 12.1. The first-order valence-corrected chi connectivity index (χ1v) is 13.5. The van der Waals surface area contributed by atoms with Crippen molar-refractivity contribution in [2.24, 2.45) is 52.3 Å². The third-order valence-corrected chi connectivity index (χ3v) is 11.2. The molecule has 0 aromatic heterocycles. The van der Waals surface area contributed by atoms with Crippen LogP contribution in [0.4, 0.5) is 0 Å². The van der Waals surface area contributed by atoms with Gasteiger partial charge in [-0.25, -0.2) is 0 Å². The van der Waals surface area contributed by atoms with Crippen molar-refractivity contribution in [3.05, 3.63) is 11.6 Å². The Morgan fingerprint density at radius 3 is 2.48 bits per heavy atom. The minimum atomic E-state index is -0.398. The molecule has 3 fully saturated rings. The van der Waals surface area contributed by atoms with Crippen LogP contribution in [-0.4, -0.2) is 17.0 Å². The highest BCUT2D eigenvalue weighted by Crippen LogP contribution is 2.67. The van der Waals surface area contributed by atoms with E-state index in [0.717, 1.165) is 48.0 Å². The summed E-state index contributed by atoms with van der Waals surface area (Å²) in [6, 6.07) is 0. The van der Waals surface area contributed by atoms with Crippen LogP contribution in [0.25, 0.3) is 0 Å². The molecule has 0 spiro atoms. The summed E-state index contributed by atoms with van der Waals surface area (Å²) in [4.78, 5) is 12.1. The number of ketones is 1. The molecule has 4 rings (SSSR count). The third kappa shape index (κ3) is 3.87. The SMILES string of the molecule is CC[C@@H](CC[C@@H](C)[C@H]1CC[C@H]2[C@@H]3C[C@@H](O)C4=CC(=O)CC[C@]4(C)[C@H]3CC[C@]12C)C(C)C. The molecule has 2 heteroatoms. The molecule has 4 aliphatic carbocycles. The van der Waals surface area contributed by atoms with Crippen molar-refractivity contribution in [3.8, 4) is 0 Å². The first-order chi connectivity index (χ1) is 14.6. The van der Waals surface area contributed by atoms with Gasteiger partial charge in [-0.1, -0.05) is 54.4 Å². The molecule has 0 heterocycles. The number of aliphatic hydroxyl groups excluding tert-OH is 1. The van der Waals surface area contributed by atoms with Crippen LogP contribution in [0.2, 0.25) is 0 Å². The Bertz CT molecular complexity index is 708. The van der Waals surface area contributed by atoms with Crippen LogP contribution in [0.15, 0.2) is 11.6 Å². The Hall–Kier alpha value is -0.630. The van der Waals surface area contributed by atoms with Crippen LogP contribution < -0.4 is 0 Å². The van der Waals surface area contributed by atoms with Gasteiger partial charge in [-0.05, 0) is 109 Å². The number of fused-ring (bicyclic) bond motifs is 5. The minimum absolute atomic E-state index is 0.0485. The molecule has 0 radical (unpaired) electrons. The van der Waals surface area contributed by atoms with Crippen molar-refractivity contribution >= 4 is 5.78 Å². The Morgan fingerprint density at radius 2 is 1.81 bits per heavy atom. The van der Waals surface area contributed by atoms with E-state index in [1.807, 2.05) is 6.08 Å². The summed E-state index contributed by atoms with van der Waals surface area (Å²) in [7, 11) is 0. The second kappa shape index (κ2) is 8.62. The van der Waals surface area contributed by atoms with Crippen molar-refractivity contribution < 1.29 is 9.90 Å². The molecule has 0 amide bonds. The average Bonchev–Trinajstić information content (AvgIpc) is 3.07. The molecule has 176 valence electrons. The molecule has 2 nitrogen and oxygen atoms in total. The van der Waals surface area contributed by atoms with E-state index in [4.69, 9.17) is 0 Å².